The number of guanidine groups is 1. The molecule has 146 valence electrons. The zero-order valence-corrected chi connectivity index (χ0v) is 15.9. The Balaban J connectivity index is 1.64. The van der Waals surface area contributed by atoms with Gasteiger partial charge >= 0.3 is 0 Å². The molecule has 1 unspecified atom stereocenters. The molecule has 1 aliphatic rings. The first-order valence-corrected chi connectivity index (χ1v) is 10.3. The molecule has 8 nitrogen and oxygen atoms in total. The fourth-order valence-electron chi connectivity index (χ4n) is 2.61. The Morgan fingerprint density at radius 2 is 2.27 bits per heavy atom. The van der Waals surface area contributed by atoms with Gasteiger partial charge in [0.2, 0.25) is 10.0 Å². The van der Waals surface area contributed by atoms with Crippen LogP contribution in [0.5, 0.6) is 0 Å². The second kappa shape index (κ2) is 10.5. The Morgan fingerprint density at radius 3 is 2.96 bits per heavy atom. The standard InChI is InChI=1S/C17H28N4O4S/c1-19-17(20-8-4-9-24-13-15-6-3-10-25-15)21-12-14-5-2-7-16(11-14)26(18,22)23/h2,5,7,11,15H,3-4,6,8-10,12-13H2,1H3,(H2,18,22,23)(H2,19,20,21). The number of hydrogen-bond donors (Lipinski definition) is 3. The molecule has 2 rings (SSSR count). The van der Waals surface area contributed by atoms with Crippen molar-refractivity contribution in [3.8, 4) is 0 Å². The lowest BCUT2D eigenvalue weighted by Gasteiger charge is -2.13. The van der Waals surface area contributed by atoms with Crippen molar-refractivity contribution in [1.29, 1.82) is 0 Å². The normalized spacial score (nSPS) is 18.1. The van der Waals surface area contributed by atoms with Crippen LogP contribution in [0.2, 0.25) is 0 Å². The van der Waals surface area contributed by atoms with E-state index in [0.29, 0.717) is 25.7 Å². The van der Waals surface area contributed by atoms with Gasteiger partial charge in [0.25, 0.3) is 0 Å². The van der Waals surface area contributed by atoms with Crippen LogP contribution in [0, 0.1) is 0 Å². The average molecular weight is 385 g/mol. The number of aliphatic imine (C=N–C) groups is 1. The maximum Gasteiger partial charge on any atom is 0.238 e. The molecule has 1 heterocycles. The van der Waals surface area contributed by atoms with Gasteiger partial charge in [0, 0.05) is 33.4 Å². The lowest BCUT2D eigenvalue weighted by molar-refractivity contribution is 0.0168. The van der Waals surface area contributed by atoms with Crippen LogP contribution in [0.4, 0.5) is 0 Å². The number of ether oxygens (including phenoxy) is 2. The van der Waals surface area contributed by atoms with E-state index in [0.717, 1.165) is 38.0 Å². The summed E-state index contributed by atoms with van der Waals surface area (Å²) in [5.41, 5.74) is 0.805. The van der Waals surface area contributed by atoms with Crippen molar-refractivity contribution in [3.63, 3.8) is 0 Å². The Kier molecular flexibility index (Phi) is 8.30. The summed E-state index contributed by atoms with van der Waals surface area (Å²) < 4.78 is 33.9. The smallest absolute Gasteiger partial charge is 0.238 e. The summed E-state index contributed by atoms with van der Waals surface area (Å²) in [5, 5.41) is 11.5. The molecule has 0 bridgehead atoms. The summed E-state index contributed by atoms with van der Waals surface area (Å²) in [4.78, 5) is 4.25. The number of primary sulfonamides is 1. The average Bonchev–Trinajstić information content (AvgIpc) is 3.13. The SMILES string of the molecule is CN=C(NCCCOCC1CCCO1)NCc1cccc(S(N)(=O)=O)c1. The number of hydrogen-bond acceptors (Lipinski definition) is 5. The van der Waals surface area contributed by atoms with Gasteiger partial charge in [-0.05, 0) is 37.0 Å². The highest BCUT2D eigenvalue weighted by Crippen LogP contribution is 2.12. The molecule has 1 saturated heterocycles. The molecular formula is C17H28N4O4S. The van der Waals surface area contributed by atoms with E-state index in [1.165, 1.54) is 6.07 Å². The number of nitrogens with one attached hydrogen (secondary N) is 2. The predicted molar refractivity (Wildman–Crippen MR) is 100 cm³/mol. The fraction of sp³-hybridized carbons (Fsp3) is 0.588. The molecule has 0 amide bonds. The van der Waals surface area contributed by atoms with E-state index >= 15 is 0 Å². The lowest BCUT2D eigenvalue weighted by Crippen LogP contribution is -2.37. The molecule has 1 aromatic rings. The number of nitrogens with two attached hydrogens (primary N) is 1. The minimum absolute atomic E-state index is 0.100. The molecule has 26 heavy (non-hydrogen) atoms. The number of sulfonamides is 1. The van der Waals surface area contributed by atoms with E-state index in [4.69, 9.17) is 14.6 Å². The molecule has 0 saturated carbocycles. The summed E-state index contributed by atoms with van der Waals surface area (Å²) in [6, 6.07) is 6.52. The van der Waals surface area contributed by atoms with Crippen molar-refractivity contribution < 1.29 is 17.9 Å². The van der Waals surface area contributed by atoms with Crippen LogP contribution >= 0.6 is 0 Å². The fourth-order valence-corrected chi connectivity index (χ4v) is 3.19. The molecule has 4 N–H and O–H groups in total. The van der Waals surface area contributed by atoms with E-state index in [1.807, 2.05) is 6.07 Å². The summed E-state index contributed by atoms with van der Waals surface area (Å²) in [7, 11) is -2.01. The molecule has 0 spiro atoms. The Hall–Kier alpha value is -1.68. The van der Waals surface area contributed by atoms with Gasteiger partial charge in [0.05, 0.1) is 17.6 Å². The second-order valence-corrected chi connectivity index (χ2v) is 7.67. The Labute approximate surface area is 155 Å². The van der Waals surface area contributed by atoms with Crippen molar-refractivity contribution in [1.82, 2.24) is 10.6 Å². The quantitative estimate of drug-likeness (QED) is 0.326. The summed E-state index contributed by atoms with van der Waals surface area (Å²) in [6.07, 6.45) is 3.32. The molecule has 1 aromatic carbocycles. The third-order valence-corrected chi connectivity index (χ3v) is 4.91. The second-order valence-electron chi connectivity index (χ2n) is 6.11. The van der Waals surface area contributed by atoms with E-state index in [-0.39, 0.29) is 11.0 Å². The minimum Gasteiger partial charge on any atom is -0.379 e. The molecular weight excluding hydrogens is 356 g/mol. The van der Waals surface area contributed by atoms with Gasteiger partial charge in [0.1, 0.15) is 0 Å². The van der Waals surface area contributed by atoms with Crippen LogP contribution in [0.15, 0.2) is 34.2 Å². The monoisotopic (exact) mass is 384 g/mol. The first-order chi connectivity index (χ1) is 12.5. The van der Waals surface area contributed by atoms with Gasteiger partial charge in [0.15, 0.2) is 5.96 Å². The van der Waals surface area contributed by atoms with Gasteiger partial charge in [-0.25, -0.2) is 13.6 Å². The maximum absolute atomic E-state index is 11.4. The van der Waals surface area contributed by atoms with Crippen LogP contribution in [-0.2, 0) is 26.0 Å². The highest BCUT2D eigenvalue weighted by atomic mass is 32.2. The van der Waals surface area contributed by atoms with Crippen LogP contribution in [0.3, 0.4) is 0 Å². The Morgan fingerprint density at radius 1 is 1.42 bits per heavy atom. The van der Waals surface area contributed by atoms with Crippen LogP contribution in [-0.4, -0.2) is 53.9 Å². The molecule has 1 fully saturated rings. The van der Waals surface area contributed by atoms with Crippen molar-refractivity contribution in [3.05, 3.63) is 29.8 Å². The molecule has 0 radical (unpaired) electrons. The number of benzene rings is 1. The largest absolute Gasteiger partial charge is 0.379 e. The summed E-state index contributed by atoms with van der Waals surface area (Å²) >= 11 is 0. The zero-order chi connectivity index (χ0) is 18.8. The van der Waals surface area contributed by atoms with E-state index in [9.17, 15) is 8.42 Å². The first kappa shape index (κ1) is 20.6. The highest BCUT2D eigenvalue weighted by molar-refractivity contribution is 7.89. The predicted octanol–water partition coefficient (Wildman–Crippen LogP) is 0.585. The minimum atomic E-state index is -3.70. The molecule has 9 heteroatoms. The molecule has 0 aliphatic carbocycles. The van der Waals surface area contributed by atoms with Crippen molar-refractivity contribution in [2.24, 2.45) is 10.1 Å². The number of nitrogens with zero attached hydrogens (tertiary/aromatic N) is 1. The summed E-state index contributed by atoms with van der Waals surface area (Å²) in [6.45, 7) is 3.34. The van der Waals surface area contributed by atoms with Crippen molar-refractivity contribution in [2.45, 2.75) is 36.8 Å². The van der Waals surface area contributed by atoms with Crippen molar-refractivity contribution in [2.75, 3.05) is 33.4 Å². The number of rotatable bonds is 9. The highest BCUT2D eigenvalue weighted by Gasteiger charge is 2.14. The molecule has 1 aliphatic heterocycles. The third-order valence-electron chi connectivity index (χ3n) is 4.00. The lowest BCUT2D eigenvalue weighted by atomic mass is 10.2. The Bertz CT molecular complexity index is 688. The summed E-state index contributed by atoms with van der Waals surface area (Å²) in [5.74, 6) is 0.644. The van der Waals surface area contributed by atoms with Crippen LogP contribution in [0.25, 0.3) is 0 Å². The van der Waals surface area contributed by atoms with Gasteiger partial charge < -0.3 is 20.1 Å². The maximum atomic E-state index is 11.4. The van der Waals surface area contributed by atoms with Crippen molar-refractivity contribution >= 4 is 16.0 Å². The van der Waals surface area contributed by atoms with Gasteiger partial charge in [-0.15, -0.1) is 0 Å². The van der Waals surface area contributed by atoms with Gasteiger partial charge in [-0.2, -0.15) is 0 Å². The van der Waals surface area contributed by atoms with Crippen LogP contribution in [0.1, 0.15) is 24.8 Å². The topological polar surface area (TPSA) is 115 Å². The molecule has 0 aromatic heterocycles. The third kappa shape index (κ3) is 7.28. The van der Waals surface area contributed by atoms with Crippen LogP contribution < -0.4 is 15.8 Å². The van der Waals surface area contributed by atoms with E-state index in [2.05, 4.69) is 15.6 Å². The van der Waals surface area contributed by atoms with Gasteiger partial charge in [-0.3, -0.25) is 4.99 Å². The van der Waals surface area contributed by atoms with Gasteiger partial charge in [-0.1, -0.05) is 12.1 Å². The zero-order valence-electron chi connectivity index (χ0n) is 15.1. The molecule has 1 atom stereocenters. The van der Waals surface area contributed by atoms with E-state index in [1.54, 1.807) is 19.2 Å². The first-order valence-electron chi connectivity index (χ1n) is 8.74. The van der Waals surface area contributed by atoms with E-state index < -0.39 is 10.0 Å².